The molecule has 1 aliphatic rings. The lowest BCUT2D eigenvalue weighted by Gasteiger charge is -2.31. The molecule has 1 aliphatic carbocycles. The van der Waals surface area contributed by atoms with Crippen molar-refractivity contribution in [3.05, 3.63) is 48.9 Å². The quantitative estimate of drug-likeness (QED) is 0.590. The molecule has 2 heterocycles. The van der Waals surface area contributed by atoms with E-state index in [1.54, 1.807) is 0 Å². The SMILES string of the molecule is C=CC(=O)Nc1cccc2c1ncn2[C@H]1CCC[C@@H](Nc2ncc(C#N)c(OC)n2)C1. The number of nitriles is 1. The van der Waals surface area contributed by atoms with Gasteiger partial charge in [-0.05, 0) is 43.9 Å². The van der Waals surface area contributed by atoms with Crippen molar-refractivity contribution in [2.75, 3.05) is 17.7 Å². The standard InChI is InChI=1S/C22H23N7O2/c1-3-19(30)27-17-8-5-9-18-20(17)25-13-29(18)16-7-4-6-15(10-16)26-22-24-12-14(11-23)21(28-22)31-2/h3,5,8-9,12-13,15-16H,1,4,6-7,10H2,2H3,(H,27,30)(H,24,26,28)/t15-,16+/m1/s1. The lowest BCUT2D eigenvalue weighted by molar-refractivity contribution is -0.111. The van der Waals surface area contributed by atoms with Gasteiger partial charge in [-0.15, -0.1) is 0 Å². The lowest BCUT2D eigenvalue weighted by atomic mass is 9.90. The normalized spacial score (nSPS) is 18.2. The molecular weight excluding hydrogens is 394 g/mol. The second-order valence-electron chi connectivity index (χ2n) is 7.41. The van der Waals surface area contributed by atoms with Gasteiger partial charge in [0.2, 0.25) is 17.7 Å². The van der Waals surface area contributed by atoms with Crippen LogP contribution in [0.4, 0.5) is 11.6 Å². The number of hydrogen-bond acceptors (Lipinski definition) is 7. The van der Waals surface area contributed by atoms with Gasteiger partial charge in [-0.1, -0.05) is 12.6 Å². The van der Waals surface area contributed by atoms with Crippen LogP contribution >= 0.6 is 0 Å². The van der Waals surface area contributed by atoms with Crippen LogP contribution in [0.1, 0.15) is 37.3 Å². The highest BCUT2D eigenvalue weighted by Crippen LogP contribution is 2.34. The molecule has 2 aromatic heterocycles. The molecule has 0 saturated heterocycles. The van der Waals surface area contributed by atoms with Crippen LogP contribution in [0.3, 0.4) is 0 Å². The van der Waals surface area contributed by atoms with Crippen molar-refractivity contribution in [2.24, 2.45) is 0 Å². The molecule has 1 saturated carbocycles. The predicted molar refractivity (Wildman–Crippen MR) is 117 cm³/mol. The zero-order chi connectivity index (χ0) is 21.8. The van der Waals surface area contributed by atoms with Gasteiger partial charge in [0.1, 0.15) is 17.1 Å². The number of hydrogen-bond donors (Lipinski definition) is 2. The van der Waals surface area contributed by atoms with Gasteiger partial charge in [0.25, 0.3) is 0 Å². The van der Waals surface area contributed by atoms with E-state index in [0.717, 1.165) is 36.7 Å². The van der Waals surface area contributed by atoms with Crippen LogP contribution in [-0.4, -0.2) is 38.6 Å². The smallest absolute Gasteiger partial charge is 0.247 e. The number of nitrogens with one attached hydrogen (secondary N) is 2. The number of carbonyl (C=O) groups is 1. The molecule has 1 fully saturated rings. The topological polar surface area (TPSA) is 118 Å². The third-order valence-corrected chi connectivity index (χ3v) is 5.49. The molecule has 0 spiro atoms. The fourth-order valence-corrected chi connectivity index (χ4v) is 4.03. The number of imidazole rings is 1. The van der Waals surface area contributed by atoms with Crippen molar-refractivity contribution in [3.8, 4) is 11.9 Å². The summed E-state index contributed by atoms with van der Waals surface area (Å²) in [7, 11) is 1.49. The summed E-state index contributed by atoms with van der Waals surface area (Å²) >= 11 is 0. The van der Waals surface area contributed by atoms with E-state index in [9.17, 15) is 4.79 Å². The summed E-state index contributed by atoms with van der Waals surface area (Å²) in [5.74, 6) is 0.454. The van der Waals surface area contributed by atoms with Crippen LogP contribution in [0.15, 0.2) is 43.4 Å². The number of aromatic nitrogens is 4. The summed E-state index contributed by atoms with van der Waals surface area (Å²) in [6.07, 6.45) is 8.50. The number of para-hydroxylation sites is 1. The van der Waals surface area contributed by atoms with Gasteiger partial charge >= 0.3 is 0 Å². The second-order valence-corrected chi connectivity index (χ2v) is 7.41. The highest BCUT2D eigenvalue weighted by atomic mass is 16.5. The van der Waals surface area contributed by atoms with Gasteiger partial charge in [0.15, 0.2) is 0 Å². The number of methoxy groups -OCH3 is 1. The number of fused-ring (bicyclic) bond motifs is 1. The summed E-state index contributed by atoms with van der Waals surface area (Å²) < 4.78 is 7.35. The first-order valence-corrected chi connectivity index (χ1v) is 10.1. The number of anilines is 2. The molecular formula is C22H23N7O2. The van der Waals surface area contributed by atoms with Crippen LogP contribution < -0.4 is 15.4 Å². The minimum Gasteiger partial charge on any atom is -0.480 e. The number of benzene rings is 1. The van der Waals surface area contributed by atoms with E-state index >= 15 is 0 Å². The molecule has 2 atom stereocenters. The molecule has 0 unspecified atom stereocenters. The van der Waals surface area contributed by atoms with Gasteiger partial charge in [-0.2, -0.15) is 10.2 Å². The lowest BCUT2D eigenvalue weighted by Crippen LogP contribution is -2.29. The Balaban J connectivity index is 1.53. The Hall–Kier alpha value is -3.93. The predicted octanol–water partition coefficient (Wildman–Crippen LogP) is 3.43. The molecule has 158 valence electrons. The van der Waals surface area contributed by atoms with Gasteiger partial charge in [0.05, 0.1) is 30.8 Å². The molecule has 3 aromatic rings. The molecule has 9 heteroatoms. The molecule has 0 bridgehead atoms. The maximum absolute atomic E-state index is 11.7. The van der Waals surface area contributed by atoms with Gasteiger partial charge < -0.3 is 19.9 Å². The Kier molecular flexibility index (Phi) is 5.80. The number of amides is 1. The molecule has 9 nitrogen and oxygen atoms in total. The van der Waals surface area contributed by atoms with Crippen LogP contribution in [0.25, 0.3) is 11.0 Å². The average Bonchev–Trinajstić information content (AvgIpc) is 3.24. The molecule has 2 N–H and O–H groups in total. The third-order valence-electron chi connectivity index (χ3n) is 5.49. The van der Waals surface area contributed by atoms with Crippen LogP contribution in [-0.2, 0) is 4.79 Å². The van der Waals surface area contributed by atoms with E-state index < -0.39 is 0 Å². The summed E-state index contributed by atoms with van der Waals surface area (Å²) in [6, 6.07) is 8.21. The van der Waals surface area contributed by atoms with Crippen molar-refractivity contribution >= 4 is 28.6 Å². The summed E-state index contributed by atoms with van der Waals surface area (Å²) in [5, 5.41) is 15.3. The second kappa shape index (κ2) is 8.83. The monoisotopic (exact) mass is 417 g/mol. The van der Waals surface area contributed by atoms with E-state index in [1.807, 2.05) is 30.6 Å². The van der Waals surface area contributed by atoms with E-state index in [2.05, 4.69) is 36.7 Å². The molecule has 1 amide bonds. The minimum absolute atomic E-state index is 0.178. The Morgan fingerprint density at radius 2 is 2.26 bits per heavy atom. The average molecular weight is 417 g/mol. The van der Waals surface area contributed by atoms with E-state index in [-0.39, 0.29) is 23.9 Å². The summed E-state index contributed by atoms with van der Waals surface area (Å²) in [5.41, 5.74) is 2.71. The molecule has 31 heavy (non-hydrogen) atoms. The fraction of sp³-hybridized carbons (Fsp3) is 0.318. The first-order valence-electron chi connectivity index (χ1n) is 10.1. The van der Waals surface area contributed by atoms with Crippen molar-refractivity contribution in [3.63, 3.8) is 0 Å². The Bertz CT molecular complexity index is 1160. The Morgan fingerprint density at radius 1 is 1.39 bits per heavy atom. The highest BCUT2D eigenvalue weighted by Gasteiger charge is 2.25. The minimum atomic E-state index is -0.262. The number of carbonyl (C=O) groups excluding carboxylic acids is 1. The molecule has 4 rings (SSSR count). The fourth-order valence-electron chi connectivity index (χ4n) is 4.03. The van der Waals surface area contributed by atoms with Crippen molar-refractivity contribution in [1.82, 2.24) is 19.5 Å². The van der Waals surface area contributed by atoms with E-state index in [1.165, 1.54) is 19.4 Å². The maximum atomic E-state index is 11.7. The van der Waals surface area contributed by atoms with Crippen LogP contribution in [0, 0.1) is 11.3 Å². The van der Waals surface area contributed by atoms with Crippen molar-refractivity contribution in [2.45, 2.75) is 37.8 Å². The zero-order valence-electron chi connectivity index (χ0n) is 17.2. The van der Waals surface area contributed by atoms with Crippen molar-refractivity contribution < 1.29 is 9.53 Å². The van der Waals surface area contributed by atoms with E-state index in [0.29, 0.717) is 17.2 Å². The van der Waals surface area contributed by atoms with Gasteiger partial charge in [0, 0.05) is 12.1 Å². The van der Waals surface area contributed by atoms with Crippen molar-refractivity contribution in [1.29, 1.82) is 5.26 Å². The number of nitrogens with zero attached hydrogens (tertiary/aromatic N) is 5. The zero-order valence-corrected chi connectivity index (χ0v) is 17.2. The Labute approximate surface area is 179 Å². The summed E-state index contributed by atoms with van der Waals surface area (Å²) in [4.78, 5) is 24.8. The molecule has 0 radical (unpaired) electrons. The number of rotatable bonds is 6. The third kappa shape index (κ3) is 4.19. The maximum Gasteiger partial charge on any atom is 0.247 e. The molecule has 1 aromatic carbocycles. The highest BCUT2D eigenvalue weighted by molar-refractivity contribution is 6.04. The molecule has 0 aliphatic heterocycles. The first kappa shape index (κ1) is 20.3. The largest absolute Gasteiger partial charge is 0.480 e. The van der Waals surface area contributed by atoms with Gasteiger partial charge in [-0.25, -0.2) is 9.97 Å². The van der Waals surface area contributed by atoms with Crippen LogP contribution in [0.5, 0.6) is 5.88 Å². The number of ether oxygens (including phenoxy) is 1. The van der Waals surface area contributed by atoms with Gasteiger partial charge in [-0.3, -0.25) is 4.79 Å². The first-order chi connectivity index (χ1) is 15.1. The van der Waals surface area contributed by atoms with Crippen LogP contribution in [0.2, 0.25) is 0 Å². The Morgan fingerprint density at radius 3 is 3.03 bits per heavy atom. The van der Waals surface area contributed by atoms with E-state index in [4.69, 9.17) is 10.00 Å². The summed E-state index contributed by atoms with van der Waals surface area (Å²) in [6.45, 7) is 3.50.